The Labute approximate surface area is 100 Å². The predicted octanol–water partition coefficient (Wildman–Crippen LogP) is 2.25. The van der Waals surface area contributed by atoms with Crippen LogP contribution >= 0.6 is 11.3 Å². The van der Waals surface area contributed by atoms with Gasteiger partial charge in [-0.25, -0.2) is 0 Å². The number of rotatable bonds is 3. The number of nitrogens with zero attached hydrogens (tertiary/aromatic N) is 1. The summed E-state index contributed by atoms with van der Waals surface area (Å²) in [6.07, 6.45) is 2.12. The van der Waals surface area contributed by atoms with E-state index in [1.54, 1.807) is 18.4 Å². The van der Waals surface area contributed by atoms with Crippen molar-refractivity contribution in [3.8, 4) is 0 Å². The molecule has 0 spiro atoms. The van der Waals surface area contributed by atoms with Crippen molar-refractivity contribution in [1.29, 1.82) is 0 Å². The van der Waals surface area contributed by atoms with Crippen LogP contribution in [0.1, 0.15) is 23.2 Å². The lowest BCUT2D eigenvalue weighted by Crippen LogP contribution is -2.39. The van der Waals surface area contributed by atoms with E-state index >= 15 is 0 Å². The lowest BCUT2D eigenvalue weighted by Gasteiger charge is -2.31. The summed E-state index contributed by atoms with van der Waals surface area (Å²) in [6.45, 7) is 2.55. The third kappa shape index (κ3) is 2.62. The number of carbonyl (C=O) groups excluding carboxylic acids is 1. The topological polar surface area (TPSA) is 29.5 Å². The number of amides is 1. The zero-order chi connectivity index (χ0) is 11.4. The van der Waals surface area contributed by atoms with Crippen LogP contribution in [-0.2, 0) is 4.74 Å². The van der Waals surface area contributed by atoms with Crippen LogP contribution in [0.4, 0.5) is 0 Å². The molecule has 0 N–H and O–H groups in total. The number of hydrogen-bond donors (Lipinski definition) is 0. The highest BCUT2D eigenvalue weighted by molar-refractivity contribution is 7.08. The number of hydrogen-bond acceptors (Lipinski definition) is 3. The minimum atomic E-state index is 0.178. The summed E-state index contributed by atoms with van der Waals surface area (Å²) in [5, 5.41) is 3.87. The first kappa shape index (κ1) is 11.6. The molecule has 1 saturated heterocycles. The molecule has 0 radical (unpaired) electrons. The number of carbonyl (C=O) groups is 1. The Bertz CT molecular complexity index is 329. The van der Waals surface area contributed by atoms with E-state index in [0.717, 1.165) is 38.1 Å². The molecule has 0 aliphatic carbocycles. The molecule has 0 saturated carbocycles. The summed E-state index contributed by atoms with van der Waals surface area (Å²) in [4.78, 5) is 14.0. The molecule has 1 aliphatic rings. The van der Waals surface area contributed by atoms with E-state index in [0.29, 0.717) is 5.92 Å². The third-order valence-electron chi connectivity index (χ3n) is 3.07. The van der Waals surface area contributed by atoms with Gasteiger partial charge in [0.25, 0.3) is 5.91 Å². The summed E-state index contributed by atoms with van der Waals surface area (Å²) in [5.74, 6) is 0.800. The van der Waals surface area contributed by atoms with Gasteiger partial charge in [0.2, 0.25) is 0 Å². The first-order valence-corrected chi connectivity index (χ1v) is 6.56. The van der Waals surface area contributed by atoms with Gasteiger partial charge in [-0.15, -0.1) is 0 Å². The van der Waals surface area contributed by atoms with Crippen molar-refractivity contribution in [3.05, 3.63) is 22.4 Å². The zero-order valence-electron chi connectivity index (χ0n) is 9.52. The predicted molar refractivity (Wildman–Crippen MR) is 64.8 cm³/mol. The molecular formula is C12H17NO2S. The van der Waals surface area contributed by atoms with Crippen LogP contribution in [0.2, 0.25) is 0 Å². The Balaban J connectivity index is 1.87. The monoisotopic (exact) mass is 239 g/mol. The molecule has 3 nitrogen and oxygen atoms in total. The van der Waals surface area contributed by atoms with Crippen molar-refractivity contribution in [3.63, 3.8) is 0 Å². The maximum Gasteiger partial charge on any atom is 0.254 e. The molecule has 1 aromatic heterocycles. The van der Waals surface area contributed by atoms with Crippen molar-refractivity contribution < 1.29 is 9.53 Å². The van der Waals surface area contributed by atoms with E-state index in [9.17, 15) is 4.79 Å². The average molecular weight is 239 g/mol. The molecule has 1 amide bonds. The maximum atomic E-state index is 12.0. The Morgan fingerprint density at radius 3 is 2.88 bits per heavy atom. The quantitative estimate of drug-likeness (QED) is 0.809. The van der Waals surface area contributed by atoms with Gasteiger partial charge in [0.05, 0.1) is 5.56 Å². The summed E-state index contributed by atoms with van der Waals surface area (Å²) in [5.41, 5.74) is 0.829. The van der Waals surface area contributed by atoms with Crippen LogP contribution in [0, 0.1) is 5.92 Å². The number of methoxy groups -OCH3 is 1. The van der Waals surface area contributed by atoms with Crippen molar-refractivity contribution in [2.24, 2.45) is 5.92 Å². The zero-order valence-corrected chi connectivity index (χ0v) is 10.3. The fourth-order valence-electron chi connectivity index (χ4n) is 2.11. The second-order valence-corrected chi connectivity index (χ2v) is 4.98. The number of ether oxygens (including phenoxy) is 1. The molecule has 0 atom stereocenters. The fraction of sp³-hybridized carbons (Fsp3) is 0.583. The molecule has 4 heteroatoms. The smallest absolute Gasteiger partial charge is 0.254 e. The van der Waals surface area contributed by atoms with Gasteiger partial charge in [-0.05, 0) is 30.2 Å². The largest absolute Gasteiger partial charge is 0.384 e. The summed E-state index contributed by atoms with van der Waals surface area (Å²) in [6, 6.07) is 1.90. The molecule has 0 bridgehead atoms. The van der Waals surface area contributed by atoms with Crippen LogP contribution in [0.5, 0.6) is 0 Å². The lowest BCUT2D eigenvalue weighted by molar-refractivity contribution is 0.0614. The van der Waals surface area contributed by atoms with Crippen molar-refractivity contribution in [1.82, 2.24) is 4.90 Å². The van der Waals surface area contributed by atoms with Crippen LogP contribution in [0.3, 0.4) is 0 Å². The van der Waals surface area contributed by atoms with E-state index in [-0.39, 0.29) is 5.91 Å². The molecular weight excluding hydrogens is 222 g/mol. The fourth-order valence-corrected chi connectivity index (χ4v) is 2.74. The highest BCUT2D eigenvalue weighted by Gasteiger charge is 2.23. The van der Waals surface area contributed by atoms with E-state index in [4.69, 9.17) is 4.74 Å². The van der Waals surface area contributed by atoms with E-state index in [1.165, 1.54) is 0 Å². The minimum absolute atomic E-state index is 0.178. The Morgan fingerprint density at radius 1 is 1.56 bits per heavy atom. The Morgan fingerprint density at radius 2 is 2.31 bits per heavy atom. The first-order valence-electron chi connectivity index (χ1n) is 5.61. The lowest BCUT2D eigenvalue weighted by atomic mass is 9.97. The van der Waals surface area contributed by atoms with Crippen LogP contribution in [0.15, 0.2) is 16.8 Å². The summed E-state index contributed by atoms with van der Waals surface area (Å²) in [7, 11) is 1.74. The second kappa shape index (κ2) is 5.46. The molecule has 1 fully saturated rings. The van der Waals surface area contributed by atoms with Crippen LogP contribution in [-0.4, -0.2) is 37.6 Å². The first-order chi connectivity index (χ1) is 7.81. The maximum absolute atomic E-state index is 12.0. The van der Waals surface area contributed by atoms with Crippen molar-refractivity contribution in [2.45, 2.75) is 12.8 Å². The van der Waals surface area contributed by atoms with Crippen molar-refractivity contribution in [2.75, 3.05) is 26.8 Å². The molecule has 0 unspecified atom stereocenters. The highest BCUT2D eigenvalue weighted by Crippen LogP contribution is 2.19. The van der Waals surface area contributed by atoms with Gasteiger partial charge in [0.1, 0.15) is 0 Å². The standard InChI is InChI=1S/C12H17NO2S/c1-15-8-10-2-5-13(6-3-10)12(14)11-4-7-16-9-11/h4,7,9-10H,2-3,5-6,8H2,1H3. The van der Waals surface area contributed by atoms with Crippen molar-refractivity contribution >= 4 is 17.2 Å². The minimum Gasteiger partial charge on any atom is -0.384 e. The summed E-state index contributed by atoms with van der Waals surface area (Å²) < 4.78 is 5.15. The average Bonchev–Trinajstić information content (AvgIpc) is 2.83. The normalized spacial score (nSPS) is 17.7. The SMILES string of the molecule is COCC1CCN(C(=O)c2ccsc2)CC1. The Hall–Kier alpha value is -0.870. The third-order valence-corrected chi connectivity index (χ3v) is 3.76. The molecule has 2 rings (SSSR count). The molecule has 1 aliphatic heterocycles. The summed E-state index contributed by atoms with van der Waals surface area (Å²) >= 11 is 1.57. The molecule has 0 aromatic carbocycles. The second-order valence-electron chi connectivity index (χ2n) is 4.20. The molecule has 1 aromatic rings. The molecule has 2 heterocycles. The number of piperidine rings is 1. The molecule has 16 heavy (non-hydrogen) atoms. The van der Waals surface area contributed by atoms with E-state index in [1.807, 2.05) is 21.7 Å². The molecule has 88 valence electrons. The van der Waals surface area contributed by atoms with Gasteiger partial charge in [0.15, 0.2) is 0 Å². The Kier molecular flexibility index (Phi) is 3.96. The van der Waals surface area contributed by atoms with Gasteiger partial charge < -0.3 is 9.64 Å². The van der Waals surface area contributed by atoms with Gasteiger partial charge in [-0.2, -0.15) is 11.3 Å². The highest BCUT2D eigenvalue weighted by atomic mass is 32.1. The van der Waals surface area contributed by atoms with Gasteiger partial charge in [0, 0.05) is 32.2 Å². The van der Waals surface area contributed by atoms with Crippen LogP contribution in [0.25, 0.3) is 0 Å². The number of likely N-dealkylation sites (tertiary alicyclic amines) is 1. The van der Waals surface area contributed by atoms with Gasteiger partial charge in [-0.3, -0.25) is 4.79 Å². The number of thiophene rings is 1. The van der Waals surface area contributed by atoms with E-state index in [2.05, 4.69) is 0 Å². The van der Waals surface area contributed by atoms with Gasteiger partial charge >= 0.3 is 0 Å². The van der Waals surface area contributed by atoms with Gasteiger partial charge in [-0.1, -0.05) is 0 Å². The van der Waals surface area contributed by atoms with E-state index < -0.39 is 0 Å². The van der Waals surface area contributed by atoms with Crippen LogP contribution < -0.4 is 0 Å².